The van der Waals surface area contributed by atoms with E-state index >= 15 is 0 Å². The average Bonchev–Trinajstić information content (AvgIpc) is 2.41. The molecule has 1 aromatic carbocycles. The van der Waals surface area contributed by atoms with Crippen LogP contribution in [0.3, 0.4) is 0 Å². The molecule has 0 spiro atoms. The second-order valence-corrected chi connectivity index (χ2v) is 5.95. The van der Waals surface area contributed by atoms with Crippen molar-refractivity contribution in [1.29, 1.82) is 0 Å². The van der Waals surface area contributed by atoms with E-state index in [9.17, 15) is 9.18 Å². The number of amides is 1. The van der Waals surface area contributed by atoms with Crippen LogP contribution in [-0.2, 0) is 9.53 Å². The molecular weight excluding hydrogens is 341 g/mol. The Morgan fingerprint density at radius 1 is 1.43 bits per heavy atom. The van der Waals surface area contributed by atoms with Crippen LogP contribution in [0.4, 0.5) is 4.39 Å². The molecule has 0 unspecified atom stereocenters. The van der Waals surface area contributed by atoms with Crippen molar-refractivity contribution in [3.05, 3.63) is 28.5 Å². The van der Waals surface area contributed by atoms with Crippen molar-refractivity contribution < 1.29 is 18.7 Å². The number of hydrogen-bond donors (Lipinski definition) is 1. The summed E-state index contributed by atoms with van der Waals surface area (Å²) in [5, 5.41) is 2.70. The maximum absolute atomic E-state index is 13.5. The van der Waals surface area contributed by atoms with E-state index in [0.717, 1.165) is 13.0 Å². The van der Waals surface area contributed by atoms with Crippen LogP contribution < -0.4 is 10.1 Å². The normalized spacial score (nSPS) is 10.7. The van der Waals surface area contributed by atoms with Gasteiger partial charge in [0, 0.05) is 24.2 Å². The summed E-state index contributed by atoms with van der Waals surface area (Å²) in [4.78, 5) is 11.5. The fourth-order valence-electron chi connectivity index (χ4n) is 1.51. The van der Waals surface area contributed by atoms with E-state index in [1.165, 1.54) is 12.1 Å². The van der Waals surface area contributed by atoms with Gasteiger partial charge in [0.1, 0.15) is 0 Å². The van der Waals surface area contributed by atoms with E-state index in [4.69, 9.17) is 9.47 Å². The van der Waals surface area contributed by atoms with E-state index in [1.54, 1.807) is 6.07 Å². The maximum atomic E-state index is 13.5. The SMILES string of the molecule is CC(C)COCCCNC(=O)COc1ccc(Br)cc1F. The molecule has 0 aromatic heterocycles. The molecular formula is C15H21BrFNO3. The smallest absolute Gasteiger partial charge is 0.257 e. The monoisotopic (exact) mass is 361 g/mol. The van der Waals surface area contributed by atoms with E-state index in [1.807, 2.05) is 0 Å². The predicted octanol–water partition coefficient (Wildman–Crippen LogP) is 3.15. The lowest BCUT2D eigenvalue weighted by molar-refractivity contribution is -0.123. The van der Waals surface area contributed by atoms with Gasteiger partial charge in [-0.2, -0.15) is 0 Å². The van der Waals surface area contributed by atoms with Crippen LogP contribution in [-0.4, -0.2) is 32.3 Å². The number of benzene rings is 1. The molecule has 0 aliphatic carbocycles. The molecule has 0 radical (unpaired) electrons. The third-order valence-corrected chi connectivity index (χ3v) is 2.98. The maximum Gasteiger partial charge on any atom is 0.257 e. The third-order valence-electron chi connectivity index (χ3n) is 2.49. The molecule has 1 amide bonds. The second kappa shape index (κ2) is 9.73. The molecule has 0 bridgehead atoms. The topological polar surface area (TPSA) is 47.6 Å². The zero-order valence-corrected chi connectivity index (χ0v) is 13.9. The van der Waals surface area contributed by atoms with E-state index in [2.05, 4.69) is 35.1 Å². The molecule has 1 rings (SSSR count). The number of nitrogens with one attached hydrogen (secondary N) is 1. The Bertz CT molecular complexity index is 455. The van der Waals surface area contributed by atoms with Crippen LogP contribution in [0.2, 0.25) is 0 Å². The average molecular weight is 362 g/mol. The van der Waals surface area contributed by atoms with Crippen molar-refractivity contribution in [3.8, 4) is 5.75 Å². The summed E-state index contributed by atoms with van der Waals surface area (Å²) < 4.78 is 24.6. The first-order chi connectivity index (χ1) is 9.99. The standard InChI is InChI=1S/C15H21BrFNO3/c1-11(2)9-20-7-3-6-18-15(19)10-21-14-5-4-12(16)8-13(14)17/h4-5,8,11H,3,6-7,9-10H2,1-2H3,(H,18,19). The van der Waals surface area contributed by atoms with Crippen LogP contribution in [0.15, 0.2) is 22.7 Å². The Morgan fingerprint density at radius 2 is 2.19 bits per heavy atom. The first-order valence-electron chi connectivity index (χ1n) is 6.91. The number of carbonyl (C=O) groups excluding carboxylic acids is 1. The molecule has 118 valence electrons. The van der Waals surface area contributed by atoms with Crippen molar-refractivity contribution in [2.75, 3.05) is 26.4 Å². The Balaban J connectivity index is 2.14. The number of carbonyl (C=O) groups is 1. The van der Waals surface area contributed by atoms with Gasteiger partial charge >= 0.3 is 0 Å². The van der Waals surface area contributed by atoms with Gasteiger partial charge in [0.2, 0.25) is 0 Å². The minimum atomic E-state index is -0.501. The Morgan fingerprint density at radius 3 is 2.86 bits per heavy atom. The van der Waals surface area contributed by atoms with Gasteiger partial charge in [-0.25, -0.2) is 4.39 Å². The summed E-state index contributed by atoms with van der Waals surface area (Å²) in [7, 11) is 0. The fraction of sp³-hybridized carbons (Fsp3) is 0.533. The summed E-state index contributed by atoms with van der Waals surface area (Å²) >= 11 is 3.15. The van der Waals surface area contributed by atoms with Crippen molar-refractivity contribution >= 4 is 21.8 Å². The number of ether oxygens (including phenoxy) is 2. The predicted molar refractivity (Wildman–Crippen MR) is 82.9 cm³/mol. The quantitative estimate of drug-likeness (QED) is 0.687. The minimum absolute atomic E-state index is 0.0635. The van der Waals surface area contributed by atoms with E-state index < -0.39 is 5.82 Å². The highest BCUT2D eigenvalue weighted by Gasteiger charge is 2.07. The number of halogens is 2. The lowest BCUT2D eigenvalue weighted by atomic mass is 10.2. The number of rotatable bonds is 9. The van der Waals surface area contributed by atoms with Gasteiger partial charge in [-0.1, -0.05) is 29.8 Å². The van der Waals surface area contributed by atoms with Crippen LogP contribution in [0.5, 0.6) is 5.75 Å². The lowest BCUT2D eigenvalue weighted by Crippen LogP contribution is -2.30. The van der Waals surface area contributed by atoms with Crippen LogP contribution >= 0.6 is 15.9 Å². The zero-order chi connectivity index (χ0) is 15.7. The molecule has 4 nitrogen and oxygen atoms in total. The molecule has 6 heteroatoms. The van der Waals surface area contributed by atoms with Gasteiger partial charge in [-0.3, -0.25) is 4.79 Å². The Kier molecular flexibility index (Phi) is 8.30. The lowest BCUT2D eigenvalue weighted by Gasteiger charge is -2.09. The molecule has 0 aliphatic rings. The first kappa shape index (κ1) is 17.9. The number of hydrogen-bond acceptors (Lipinski definition) is 3. The Labute approximate surface area is 133 Å². The molecule has 1 N–H and O–H groups in total. The highest BCUT2D eigenvalue weighted by molar-refractivity contribution is 9.10. The molecule has 0 heterocycles. The van der Waals surface area contributed by atoms with Crippen molar-refractivity contribution in [1.82, 2.24) is 5.32 Å². The van der Waals surface area contributed by atoms with E-state index in [0.29, 0.717) is 23.5 Å². The third kappa shape index (κ3) is 8.02. The van der Waals surface area contributed by atoms with Crippen LogP contribution in [0, 0.1) is 11.7 Å². The van der Waals surface area contributed by atoms with Crippen molar-refractivity contribution in [2.45, 2.75) is 20.3 Å². The van der Waals surface area contributed by atoms with Gasteiger partial charge in [-0.15, -0.1) is 0 Å². The van der Waals surface area contributed by atoms with Crippen LogP contribution in [0.1, 0.15) is 20.3 Å². The van der Waals surface area contributed by atoms with Gasteiger partial charge in [-0.05, 0) is 30.5 Å². The molecule has 21 heavy (non-hydrogen) atoms. The fourth-order valence-corrected chi connectivity index (χ4v) is 1.84. The molecule has 0 fully saturated rings. The first-order valence-corrected chi connectivity index (χ1v) is 7.70. The highest BCUT2D eigenvalue weighted by atomic mass is 79.9. The van der Waals surface area contributed by atoms with Crippen LogP contribution in [0.25, 0.3) is 0 Å². The van der Waals surface area contributed by atoms with Gasteiger partial charge in [0.15, 0.2) is 18.2 Å². The largest absolute Gasteiger partial charge is 0.481 e. The minimum Gasteiger partial charge on any atom is -0.481 e. The Hall–Kier alpha value is -1.14. The van der Waals surface area contributed by atoms with Gasteiger partial charge in [0.05, 0.1) is 0 Å². The summed E-state index contributed by atoms with van der Waals surface area (Å²) in [6.07, 6.45) is 0.741. The molecule has 0 aliphatic heterocycles. The van der Waals surface area contributed by atoms with E-state index in [-0.39, 0.29) is 18.3 Å². The molecule has 0 saturated carbocycles. The summed E-state index contributed by atoms with van der Waals surface area (Å²) in [6.45, 7) is 5.82. The molecule has 1 aromatic rings. The van der Waals surface area contributed by atoms with Crippen molar-refractivity contribution in [2.24, 2.45) is 5.92 Å². The molecule has 0 saturated heterocycles. The molecule has 0 atom stereocenters. The summed E-state index contributed by atoms with van der Waals surface area (Å²) in [5.41, 5.74) is 0. The zero-order valence-electron chi connectivity index (χ0n) is 12.3. The van der Waals surface area contributed by atoms with Gasteiger partial charge < -0.3 is 14.8 Å². The summed E-state index contributed by atoms with van der Waals surface area (Å²) in [5.74, 6) is -0.206. The van der Waals surface area contributed by atoms with Gasteiger partial charge in [0.25, 0.3) is 5.91 Å². The van der Waals surface area contributed by atoms with Crippen molar-refractivity contribution in [3.63, 3.8) is 0 Å². The highest BCUT2D eigenvalue weighted by Crippen LogP contribution is 2.21. The summed E-state index contributed by atoms with van der Waals surface area (Å²) in [6, 6.07) is 4.42. The second-order valence-electron chi connectivity index (χ2n) is 5.04.